The molecule has 0 radical (unpaired) electrons. The van der Waals surface area contributed by atoms with E-state index in [0.29, 0.717) is 19.4 Å². The average molecular weight is 286 g/mol. The first kappa shape index (κ1) is 15.3. The summed E-state index contributed by atoms with van der Waals surface area (Å²) in [6.07, 6.45) is -0.917. The fraction of sp³-hybridized carbons (Fsp3) is 0.600. The zero-order chi connectivity index (χ0) is 14.6. The van der Waals surface area contributed by atoms with E-state index >= 15 is 0 Å². The molecule has 1 saturated carbocycles. The van der Waals surface area contributed by atoms with Crippen molar-refractivity contribution in [2.24, 2.45) is 5.73 Å². The van der Waals surface area contributed by atoms with Gasteiger partial charge in [-0.3, -0.25) is 4.90 Å². The van der Waals surface area contributed by atoms with Gasteiger partial charge in [0.1, 0.15) is 0 Å². The van der Waals surface area contributed by atoms with Gasteiger partial charge in [0.2, 0.25) is 0 Å². The van der Waals surface area contributed by atoms with Crippen molar-refractivity contribution in [1.29, 1.82) is 0 Å². The fourth-order valence-corrected chi connectivity index (χ4v) is 2.44. The summed E-state index contributed by atoms with van der Waals surface area (Å²) in [4.78, 5) is 1.55. The molecule has 5 heteroatoms. The largest absolute Gasteiger partial charge is 0.401 e. The zero-order valence-electron chi connectivity index (χ0n) is 11.4. The molecule has 2 rings (SSSR count). The number of hydrogen-bond acceptors (Lipinski definition) is 2. The van der Waals surface area contributed by atoms with Gasteiger partial charge in [0.15, 0.2) is 0 Å². The lowest BCUT2D eigenvalue weighted by molar-refractivity contribution is -0.147. The van der Waals surface area contributed by atoms with Crippen molar-refractivity contribution < 1.29 is 13.2 Å². The van der Waals surface area contributed by atoms with Gasteiger partial charge in [-0.15, -0.1) is 0 Å². The third-order valence-corrected chi connectivity index (χ3v) is 3.63. The number of hydrogen-bond donors (Lipinski definition) is 1. The van der Waals surface area contributed by atoms with Gasteiger partial charge in [0.05, 0.1) is 6.54 Å². The molecule has 0 aliphatic heterocycles. The smallest absolute Gasteiger partial charge is 0.324 e. The first-order valence-corrected chi connectivity index (χ1v) is 7.07. The summed E-state index contributed by atoms with van der Waals surface area (Å²) in [5.41, 5.74) is 7.10. The molecular weight excluding hydrogens is 265 g/mol. The van der Waals surface area contributed by atoms with Crippen LogP contribution in [0.1, 0.15) is 37.3 Å². The van der Waals surface area contributed by atoms with Crippen molar-refractivity contribution in [3.8, 4) is 0 Å². The minimum absolute atomic E-state index is 0.0943. The zero-order valence-corrected chi connectivity index (χ0v) is 11.4. The summed E-state index contributed by atoms with van der Waals surface area (Å²) in [5.74, 6) is 0. The van der Waals surface area contributed by atoms with E-state index in [-0.39, 0.29) is 12.1 Å². The third-order valence-electron chi connectivity index (χ3n) is 3.63. The van der Waals surface area contributed by atoms with Gasteiger partial charge >= 0.3 is 6.18 Å². The monoisotopic (exact) mass is 286 g/mol. The van der Waals surface area contributed by atoms with Crippen LogP contribution in [0.5, 0.6) is 0 Å². The number of alkyl halides is 3. The van der Waals surface area contributed by atoms with E-state index in [4.69, 9.17) is 5.73 Å². The number of benzene rings is 1. The summed E-state index contributed by atoms with van der Waals surface area (Å²) in [6, 6.07) is 9.73. The van der Waals surface area contributed by atoms with Gasteiger partial charge in [0.25, 0.3) is 0 Å². The Kier molecular flexibility index (Phi) is 5.05. The predicted octanol–water partition coefficient (Wildman–Crippen LogP) is 3.49. The van der Waals surface area contributed by atoms with Crippen molar-refractivity contribution in [2.45, 2.75) is 43.9 Å². The Morgan fingerprint density at radius 3 is 2.40 bits per heavy atom. The van der Waals surface area contributed by atoms with Crippen LogP contribution in [-0.2, 0) is 0 Å². The molecule has 1 atom stereocenters. The molecule has 0 saturated heterocycles. The molecule has 20 heavy (non-hydrogen) atoms. The molecule has 0 amide bonds. The molecule has 0 bridgehead atoms. The first-order chi connectivity index (χ1) is 9.46. The maximum Gasteiger partial charge on any atom is 0.401 e. The quantitative estimate of drug-likeness (QED) is 0.831. The second kappa shape index (κ2) is 6.59. The SMILES string of the molecule is NC(CCCN(CC(F)(F)F)C1CC1)c1ccccc1. The molecule has 2 nitrogen and oxygen atoms in total. The van der Waals surface area contributed by atoms with Crippen molar-refractivity contribution >= 4 is 0 Å². The normalized spacial score (nSPS) is 17.4. The van der Waals surface area contributed by atoms with Gasteiger partial charge in [-0.25, -0.2) is 0 Å². The number of nitrogens with zero attached hydrogens (tertiary/aromatic N) is 1. The lowest BCUT2D eigenvalue weighted by Gasteiger charge is -2.24. The molecule has 2 N–H and O–H groups in total. The second-order valence-corrected chi connectivity index (χ2v) is 5.48. The highest BCUT2D eigenvalue weighted by Gasteiger charge is 2.37. The van der Waals surface area contributed by atoms with Crippen molar-refractivity contribution in [3.05, 3.63) is 35.9 Å². The highest BCUT2D eigenvalue weighted by Crippen LogP contribution is 2.30. The summed E-state index contributed by atoms with van der Waals surface area (Å²) in [5, 5.41) is 0. The van der Waals surface area contributed by atoms with E-state index < -0.39 is 12.7 Å². The number of nitrogens with two attached hydrogens (primary N) is 1. The van der Waals surface area contributed by atoms with E-state index in [0.717, 1.165) is 18.4 Å². The van der Waals surface area contributed by atoms with Crippen molar-refractivity contribution in [1.82, 2.24) is 4.90 Å². The van der Waals surface area contributed by atoms with E-state index in [1.54, 1.807) is 4.90 Å². The van der Waals surface area contributed by atoms with Gasteiger partial charge < -0.3 is 5.73 Å². The third kappa shape index (κ3) is 5.13. The molecule has 1 unspecified atom stereocenters. The van der Waals surface area contributed by atoms with Crippen LogP contribution in [0.4, 0.5) is 13.2 Å². The van der Waals surface area contributed by atoms with Crippen LogP contribution in [0, 0.1) is 0 Å². The Hall–Kier alpha value is -1.07. The van der Waals surface area contributed by atoms with E-state index in [1.165, 1.54) is 0 Å². The maximum atomic E-state index is 12.5. The summed E-state index contributed by atoms with van der Waals surface area (Å²) < 4.78 is 37.4. The fourth-order valence-electron chi connectivity index (χ4n) is 2.44. The number of halogens is 3. The Morgan fingerprint density at radius 1 is 1.20 bits per heavy atom. The van der Waals surface area contributed by atoms with Crippen LogP contribution < -0.4 is 5.73 Å². The standard InChI is InChI=1S/C15H21F3N2/c16-15(17,18)11-20(13-8-9-13)10-4-7-14(19)12-5-2-1-3-6-12/h1-3,5-6,13-14H,4,7-11,19H2. The van der Waals surface area contributed by atoms with Gasteiger partial charge in [0, 0.05) is 12.1 Å². The maximum absolute atomic E-state index is 12.5. The lowest BCUT2D eigenvalue weighted by Crippen LogP contribution is -2.36. The van der Waals surface area contributed by atoms with Crippen LogP contribution in [0.2, 0.25) is 0 Å². The molecular formula is C15H21F3N2. The van der Waals surface area contributed by atoms with E-state index in [1.807, 2.05) is 30.3 Å². The summed E-state index contributed by atoms with van der Waals surface area (Å²) in [6.45, 7) is -0.317. The van der Waals surface area contributed by atoms with Crippen LogP contribution in [-0.4, -0.2) is 30.2 Å². The van der Waals surface area contributed by atoms with Crippen LogP contribution in [0.3, 0.4) is 0 Å². The summed E-state index contributed by atoms with van der Waals surface area (Å²) >= 11 is 0. The van der Waals surface area contributed by atoms with E-state index in [9.17, 15) is 13.2 Å². The topological polar surface area (TPSA) is 29.3 Å². The molecule has 1 aromatic carbocycles. The Balaban J connectivity index is 1.76. The average Bonchev–Trinajstić information content (AvgIpc) is 3.21. The molecule has 1 aliphatic rings. The second-order valence-electron chi connectivity index (χ2n) is 5.48. The van der Waals surface area contributed by atoms with Gasteiger partial charge in [-0.05, 0) is 37.8 Å². The molecule has 0 heterocycles. The minimum atomic E-state index is -4.11. The molecule has 1 aliphatic carbocycles. The minimum Gasteiger partial charge on any atom is -0.324 e. The molecule has 1 aromatic rings. The Bertz CT molecular complexity index is 401. The van der Waals surface area contributed by atoms with Crippen LogP contribution in [0.25, 0.3) is 0 Å². The molecule has 1 fully saturated rings. The van der Waals surface area contributed by atoms with E-state index in [2.05, 4.69) is 0 Å². The Morgan fingerprint density at radius 2 is 1.85 bits per heavy atom. The van der Waals surface area contributed by atoms with Crippen molar-refractivity contribution in [2.75, 3.05) is 13.1 Å². The predicted molar refractivity (Wildman–Crippen MR) is 73.3 cm³/mol. The van der Waals surface area contributed by atoms with Gasteiger partial charge in [-0.1, -0.05) is 30.3 Å². The number of rotatable bonds is 7. The molecule has 0 spiro atoms. The van der Waals surface area contributed by atoms with Crippen molar-refractivity contribution in [3.63, 3.8) is 0 Å². The highest BCUT2D eigenvalue weighted by atomic mass is 19.4. The van der Waals surface area contributed by atoms with Gasteiger partial charge in [-0.2, -0.15) is 13.2 Å². The Labute approximate surface area is 117 Å². The summed E-state index contributed by atoms with van der Waals surface area (Å²) in [7, 11) is 0. The van der Waals surface area contributed by atoms with Crippen LogP contribution in [0.15, 0.2) is 30.3 Å². The molecule has 0 aromatic heterocycles. The molecule has 112 valence electrons. The van der Waals surface area contributed by atoms with Crippen LogP contribution >= 0.6 is 0 Å². The lowest BCUT2D eigenvalue weighted by atomic mass is 10.0. The first-order valence-electron chi connectivity index (χ1n) is 7.07. The highest BCUT2D eigenvalue weighted by molar-refractivity contribution is 5.18.